The van der Waals surface area contributed by atoms with Crippen LogP contribution in [-0.4, -0.2) is 36.6 Å². The molecule has 2 heterocycles. The van der Waals surface area contributed by atoms with Crippen molar-refractivity contribution in [2.75, 3.05) is 13.7 Å². The zero-order chi connectivity index (χ0) is 17.6. The van der Waals surface area contributed by atoms with Crippen LogP contribution in [-0.2, 0) is 6.61 Å². The van der Waals surface area contributed by atoms with Crippen LogP contribution < -0.4 is 20.1 Å². The van der Waals surface area contributed by atoms with Crippen molar-refractivity contribution in [3.05, 3.63) is 40.3 Å². The predicted molar refractivity (Wildman–Crippen MR) is 112 cm³/mol. The van der Waals surface area contributed by atoms with Gasteiger partial charge in [-0.25, -0.2) is 4.98 Å². The van der Waals surface area contributed by atoms with Gasteiger partial charge in [-0.3, -0.25) is 4.79 Å². The van der Waals surface area contributed by atoms with Crippen molar-refractivity contribution in [3.63, 3.8) is 0 Å². The number of halogens is 2. The molecule has 0 aliphatic carbocycles. The fourth-order valence-electron chi connectivity index (χ4n) is 2.88. The fraction of sp³-hybridized carbons (Fsp3) is 0.444. The lowest BCUT2D eigenvalue weighted by Gasteiger charge is -2.30. The van der Waals surface area contributed by atoms with Crippen molar-refractivity contribution < 1.29 is 14.3 Å². The van der Waals surface area contributed by atoms with E-state index in [1.807, 2.05) is 5.38 Å². The van der Waals surface area contributed by atoms with Gasteiger partial charge in [0.2, 0.25) is 0 Å². The van der Waals surface area contributed by atoms with Gasteiger partial charge in [0.05, 0.1) is 18.3 Å². The Labute approximate surface area is 175 Å². The van der Waals surface area contributed by atoms with Crippen LogP contribution in [0.4, 0.5) is 0 Å². The molecule has 0 bridgehead atoms. The second kappa shape index (κ2) is 11.3. The minimum atomic E-state index is -0.0927. The van der Waals surface area contributed by atoms with Gasteiger partial charge in [0.15, 0.2) is 11.5 Å². The van der Waals surface area contributed by atoms with Gasteiger partial charge < -0.3 is 20.1 Å². The Morgan fingerprint density at radius 2 is 2.19 bits per heavy atom. The molecule has 1 fully saturated rings. The summed E-state index contributed by atoms with van der Waals surface area (Å²) in [5.41, 5.74) is 3.20. The summed E-state index contributed by atoms with van der Waals surface area (Å²) in [5, 5.41) is 8.43. The smallest absolute Gasteiger partial charge is 0.251 e. The molecular weight excluding hydrogens is 409 g/mol. The summed E-state index contributed by atoms with van der Waals surface area (Å²) in [4.78, 5) is 16.7. The molecule has 3 rings (SSSR count). The lowest BCUT2D eigenvalue weighted by atomic mass is 9.99. The largest absolute Gasteiger partial charge is 0.493 e. The van der Waals surface area contributed by atoms with Crippen molar-refractivity contribution in [1.82, 2.24) is 15.6 Å². The Morgan fingerprint density at radius 3 is 2.85 bits per heavy atom. The van der Waals surface area contributed by atoms with Crippen molar-refractivity contribution >= 4 is 42.1 Å². The molecule has 1 aliphatic rings. The molecule has 6 nitrogen and oxygen atoms in total. The van der Waals surface area contributed by atoms with Crippen LogP contribution in [0.25, 0.3) is 0 Å². The van der Waals surface area contributed by atoms with Gasteiger partial charge in [-0.2, -0.15) is 0 Å². The molecule has 1 saturated heterocycles. The first kappa shape index (κ1) is 23.5. The first-order valence-electron chi connectivity index (χ1n) is 8.39. The maximum Gasteiger partial charge on any atom is 0.251 e. The number of piperidine rings is 1. The molecular formula is C18H25Cl2N3O3S. The summed E-state index contributed by atoms with van der Waals surface area (Å²) in [6, 6.07) is 5.66. The molecule has 2 aromatic rings. The van der Waals surface area contributed by atoms with Gasteiger partial charge in [0.25, 0.3) is 5.91 Å². The SMILES string of the molecule is COc1cc(C(=O)NC2CCCNC2C)ccc1OCc1cscn1.Cl.Cl. The highest BCUT2D eigenvalue weighted by Crippen LogP contribution is 2.29. The number of aromatic nitrogens is 1. The number of ether oxygens (including phenoxy) is 2. The highest BCUT2D eigenvalue weighted by molar-refractivity contribution is 7.07. The van der Waals surface area contributed by atoms with E-state index in [0.29, 0.717) is 23.7 Å². The van der Waals surface area contributed by atoms with Gasteiger partial charge in [-0.05, 0) is 44.5 Å². The quantitative estimate of drug-likeness (QED) is 0.729. The molecule has 0 spiro atoms. The second-order valence-corrected chi connectivity index (χ2v) is 6.82. The average molecular weight is 434 g/mol. The van der Waals surface area contributed by atoms with Gasteiger partial charge >= 0.3 is 0 Å². The van der Waals surface area contributed by atoms with Crippen molar-refractivity contribution in [2.24, 2.45) is 0 Å². The number of hydrogen-bond donors (Lipinski definition) is 2. The van der Waals surface area contributed by atoms with Crippen LogP contribution in [0.15, 0.2) is 29.1 Å². The third kappa shape index (κ3) is 6.24. The summed E-state index contributed by atoms with van der Waals surface area (Å²) in [7, 11) is 1.57. The first-order valence-corrected chi connectivity index (χ1v) is 9.34. The first-order chi connectivity index (χ1) is 12.2. The van der Waals surface area contributed by atoms with E-state index in [0.717, 1.165) is 25.1 Å². The van der Waals surface area contributed by atoms with Crippen LogP contribution in [0, 0.1) is 0 Å². The number of nitrogens with zero attached hydrogens (tertiary/aromatic N) is 1. The maximum atomic E-state index is 12.5. The number of methoxy groups -OCH3 is 1. The number of nitrogens with one attached hydrogen (secondary N) is 2. The van der Waals surface area contributed by atoms with E-state index in [2.05, 4.69) is 22.5 Å². The number of benzene rings is 1. The standard InChI is InChI=1S/C18H23N3O3S.2ClH/c1-12-15(4-3-7-19-12)21-18(22)13-5-6-16(17(8-13)23-2)24-9-14-10-25-11-20-14;;/h5-6,8,10-12,15,19H,3-4,7,9H2,1-2H3,(H,21,22);2*1H. The topological polar surface area (TPSA) is 72.5 Å². The van der Waals surface area contributed by atoms with Gasteiger partial charge in [-0.1, -0.05) is 0 Å². The zero-order valence-corrected chi connectivity index (χ0v) is 17.7. The van der Waals surface area contributed by atoms with Crippen LogP contribution in [0.3, 0.4) is 0 Å². The van der Waals surface area contributed by atoms with Crippen LogP contribution in [0.2, 0.25) is 0 Å². The fourth-order valence-corrected chi connectivity index (χ4v) is 3.42. The monoisotopic (exact) mass is 433 g/mol. The molecule has 9 heteroatoms. The number of thiazole rings is 1. The van der Waals surface area contributed by atoms with E-state index in [4.69, 9.17) is 9.47 Å². The van der Waals surface area contributed by atoms with Crippen LogP contribution in [0.1, 0.15) is 35.8 Å². The number of hydrogen-bond acceptors (Lipinski definition) is 6. The van der Waals surface area contributed by atoms with E-state index in [9.17, 15) is 4.79 Å². The molecule has 2 unspecified atom stereocenters. The zero-order valence-electron chi connectivity index (χ0n) is 15.3. The normalized spacial score (nSPS) is 18.6. The Bertz CT molecular complexity index is 716. The molecule has 2 atom stereocenters. The van der Waals surface area contributed by atoms with Crippen molar-refractivity contribution in [1.29, 1.82) is 0 Å². The van der Waals surface area contributed by atoms with E-state index in [-0.39, 0.29) is 42.8 Å². The Hall–Kier alpha value is -1.54. The molecule has 1 aromatic carbocycles. The summed E-state index contributed by atoms with van der Waals surface area (Å²) >= 11 is 1.53. The van der Waals surface area contributed by atoms with E-state index < -0.39 is 0 Å². The predicted octanol–water partition coefficient (Wildman–Crippen LogP) is 3.44. The van der Waals surface area contributed by atoms with Gasteiger partial charge in [-0.15, -0.1) is 36.2 Å². The molecule has 1 aromatic heterocycles. The Kier molecular flexibility index (Phi) is 9.87. The number of amides is 1. The van der Waals surface area contributed by atoms with Crippen molar-refractivity contribution in [2.45, 2.75) is 38.5 Å². The lowest BCUT2D eigenvalue weighted by molar-refractivity contribution is 0.0919. The molecule has 1 amide bonds. The summed E-state index contributed by atoms with van der Waals surface area (Å²) in [6.07, 6.45) is 2.06. The van der Waals surface area contributed by atoms with Crippen molar-refractivity contribution in [3.8, 4) is 11.5 Å². The maximum absolute atomic E-state index is 12.5. The number of rotatable bonds is 6. The van der Waals surface area contributed by atoms with E-state index >= 15 is 0 Å². The number of carbonyl (C=O) groups is 1. The van der Waals surface area contributed by atoms with E-state index in [1.54, 1.807) is 30.8 Å². The molecule has 150 valence electrons. The van der Waals surface area contributed by atoms with Gasteiger partial charge in [0, 0.05) is 23.0 Å². The molecule has 27 heavy (non-hydrogen) atoms. The molecule has 0 saturated carbocycles. The highest BCUT2D eigenvalue weighted by atomic mass is 35.5. The lowest BCUT2D eigenvalue weighted by Crippen LogP contribution is -2.51. The minimum absolute atomic E-state index is 0. The third-order valence-electron chi connectivity index (χ3n) is 4.36. The van der Waals surface area contributed by atoms with E-state index in [1.165, 1.54) is 11.3 Å². The summed E-state index contributed by atoms with van der Waals surface area (Å²) < 4.78 is 11.1. The Balaban J connectivity index is 0.00000182. The van der Waals surface area contributed by atoms with Gasteiger partial charge in [0.1, 0.15) is 6.61 Å². The number of carbonyl (C=O) groups excluding carboxylic acids is 1. The average Bonchev–Trinajstić information content (AvgIpc) is 3.15. The molecule has 0 radical (unpaired) electrons. The molecule has 1 aliphatic heterocycles. The summed E-state index contributed by atoms with van der Waals surface area (Å²) in [6.45, 7) is 3.48. The third-order valence-corrected chi connectivity index (χ3v) is 5.00. The highest BCUT2D eigenvalue weighted by Gasteiger charge is 2.23. The minimum Gasteiger partial charge on any atom is -0.493 e. The second-order valence-electron chi connectivity index (χ2n) is 6.10. The van der Waals surface area contributed by atoms with Crippen LogP contribution in [0.5, 0.6) is 11.5 Å². The Morgan fingerprint density at radius 1 is 1.37 bits per heavy atom. The van der Waals surface area contributed by atoms with Crippen LogP contribution >= 0.6 is 36.2 Å². The summed E-state index contributed by atoms with van der Waals surface area (Å²) in [5.74, 6) is 1.04. The molecule has 2 N–H and O–H groups in total.